The number of carbonyl (C=O) groups excluding carboxylic acids is 1. The molecule has 1 amide bonds. The largest absolute Gasteiger partial charge is 0.469 e. The van der Waals surface area contributed by atoms with Crippen LogP contribution in [0, 0.1) is 5.92 Å². The fourth-order valence-corrected chi connectivity index (χ4v) is 5.37. The highest BCUT2D eigenvalue weighted by Gasteiger charge is 2.50. The molecular formula is C18H25NO4S. The second-order valence-corrected chi connectivity index (χ2v) is 8.70. The summed E-state index contributed by atoms with van der Waals surface area (Å²) < 4.78 is 17.1. The van der Waals surface area contributed by atoms with Crippen LogP contribution in [-0.2, 0) is 20.7 Å². The molecule has 4 rings (SSSR count). The summed E-state index contributed by atoms with van der Waals surface area (Å²) in [6.45, 7) is 4.34. The molecule has 0 aromatic carbocycles. The van der Waals surface area contributed by atoms with Crippen molar-refractivity contribution in [1.82, 2.24) is 4.90 Å². The summed E-state index contributed by atoms with van der Waals surface area (Å²) in [7, 11) is 0. The molecule has 0 N–H and O–H groups in total. The molecule has 1 aromatic heterocycles. The van der Waals surface area contributed by atoms with E-state index in [2.05, 4.69) is 0 Å². The van der Waals surface area contributed by atoms with Crippen LogP contribution in [0.3, 0.4) is 0 Å². The van der Waals surface area contributed by atoms with E-state index in [0.717, 1.165) is 63.7 Å². The van der Waals surface area contributed by atoms with Crippen molar-refractivity contribution in [2.24, 2.45) is 5.92 Å². The van der Waals surface area contributed by atoms with Crippen LogP contribution in [-0.4, -0.2) is 60.3 Å². The van der Waals surface area contributed by atoms with Crippen LogP contribution in [0.5, 0.6) is 0 Å². The predicted octanol–water partition coefficient (Wildman–Crippen LogP) is 2.35. The molecule has 3 aliphatic heterocycles. The Morgan fingerprint density at radius 2 is 2.21 bits per heavy atom. The second-order valence-electron chi connectivity index (χ2n) is 7.22. The van der Waals surface area contributed by atoms with E-state index in [1.165, 1.54) is 0 Å². The van der Waals surface area contributed by atoms with Gasteiger partial charge in [0.05, 0.1) is 23.5 Å². The van der Waals surface area contributed by atoms with Crippen molar-refractivity contribution in [3.05, 3.63) is 24.2 Å². The number of likely N-dealkylation sites (tertiary alicyclic amines) is 1. The van der Waals surface area contributed by atoms with Gasteiger partial charge in [0.25, 0.3) is 0 Å². The van der Waals surface area contributed by atoms with Crippen molar-refractivity contribution in [2.75, 3.05) is 38.7 Å². The molecule has 3 aliphatic rings. The van der Waals surface area contributed by atoms with Crippen LogP contribution in [0.15, 0.2) is 22.8 Å². The summed E-state index contributed by atoms with van der Waals surface area (Å²) in [5.41, 5.74) is 0. The minimum atomic E-state index is 0.169. The number of furan rings is 1. The van der Waals surface area contributed by atoms with Crippen molar-refractivity contribution in [3.8, 4) is 0 Å². The highest BCUT2D eigenvalue weighted by Crippen LogP contribution is 2.46. The van der Waals surface area contributed by atoms with Gasteiger partial charge >= 0.3 is 0 Å². The molecule has 4 heterocycles. The highest BCUT2D eigenvalue weighted by molar-refractivity contribution is 8.01. The lowest BCUT2D eigenvalue weighted by atomic mass is 9.92. The van der Waals surface area contributed by atoms with E-state index < -0.39 is 0 Å². The molecule has 1 aromatic rings. The highest BCUT2D eigenvalue weighted by atomic mass is 32.2. The quantitative estimate of drug-likeness (QED) is 0.815. The van der Waals surface area contributed by atoms with E-state index in [1.807, 2.05) is 28.8 Å². The number of hydrogen-bond donors (Lipinski definition) is 0. The van der Waals surface area contributed by atoms with Gasteiger partial charge in [0.2, 0.25) is 5.91 Å². The Morgan fingerprint density at radius 1 is 1.38 bits per heavy atom. The number of hydrogen-bond acceptors (Lipinski definition) is 5. The summed E-state index contributed by atoms with van der Waals surface area (Å²) in [5.74, 6) is 2.64. The topological polar surface area (TPSA) is 51.9 Å². The number of nitrogens with zero attached hydrogens (tertiary/aromatic N) is 1. The van der Waals surface area contributed by atoms with Gasteiger partial charge in [-0.15, -0.1) is 11.8 Å². The maximum absolute atomic E-state index is 12.3. The van der Waals surface area contributed by atoms with E-state index >= 15 is 0 Å². The minimum Gasteiger partial charge on any atom is -0.469 e. The fourth-order valence-electron chi connectivity index (χ4n) is 3.81. The molecule has 1 atom stereocenters. The van der Waals surface area contributed by atoms with Gasteiger partial charge in [0.15, 0.2) is 0 Å². The Hall–Kier alpha value is -0.980. The van der Waals surface area contributed by atoms with Gasteiger partial charge in [0.1, 0.15) is 5.76 Å². The van der Waals surface area contributed by atoms with Gasteiger partial charge < -0.3 is 18.8 Å². The third kappa shape index (κ3) is 3.65. The molecule has 132 valence electrons. The fraction of sp³-hybridized carbons (Fsp3) is 0.722. The summed E-state index contributed by atoms with van der Waals surface area (Å²) >= 11 is 1.99. The number of ether oxygens (including phenoxy) is 2. The van der Waals surface area contributed by atoms with Gasteiger partial charge in [-0.2, -0.15) is 0 Å². The SMILES string of the molecule is O=C(Cc1ccco1)N1CC2(C[C@H](OCC3CCOCC3)CS2)C1. The zero-order chi connectivity index (χ0) is 16.4. The van der Waals surface area contributed by atoms with Crippen molar-refractivity contribution in [3.63, 3.8) is 0 Å². The second kappa shape index (κ2) is 7.10. The van der Waals surface area contributed by atoms with Gasteiger partial charge in [0, 0.05) is 38.7 Å². The molecule has 3 saturated heterocycles. The Kier molecular flexibility index (Phi) is 4.88. The van der Waals surface area contributed by atoms with Gasteiger partial charge in [-0.25, -0.2) is 0 Å². The third-order valence-electron chi connectivity index (χ3n) is 5.30. The van der Waals surface area contributed by atoms with Crippen LogP contribution in [0.2, 0.25) is 0 Å². The molecule has 5 nitrogen and oxygen atoms in total. The Morgan fingerprint density at radius 3 is 2.96 bits per heavy atom. The molecule has 0 saturated carbocycles. The molecule has 3 fully saturated rings. The first-order valence-corrected chi connectivity index (χ1v) is 9.84. The summed E-state index contributed by atoms with van der Waals surface area (Å²) in [6, 6.07) is 3.69. The number of thioether (sulfide) groups is 1. The summed E-state index contributed by atoms with van der Waals surface area (Å²) in [6.07, 6.45) is 5.66. The monoisotopic (exact) mass is 351 g/mol. The van der Waals surface area contributed by atoms with Crippen LogP contribution >= 0.6 is 11.8 Å². The van der Waals surface area contributed by atoms with E-state index in [9.17, 15) is 4.79 Å². The number of carbonyl (C=O) groups is 1. The first kappa shape index (κ1) is 16.5. The van der Waals surface area contributed by atoms with Crippen LogP contribution in [0.4, 0.5) is 0 Å². The Balaban J connectivity index is 1.19. The molecule has 0 aliphatic carbocycles. The smallest absolute Gasteiger partial charge is 0.230 e. The lowest BCUT2D eigenvalue weighted by Gasteiger charge is -2.47. The van der Waals surface area contributed by atoms with E-state index in [4.69, 9.17) is 13.9 Å². The van der Waals surface area contributed by atoms with Crippen LogP contribution in [0.1, 0.15) is 25.0 Å². The zero-order valence-corrected chi connectivity index (χ0v) is 14.8. The van der Waals surface area contributed by atoms with Gasteiger partial charge in [-0.1, -0.05) is 0 Å². The lowest BCUT2D eigenvalue weighted by molar-refractivity contribution is -0.136. The standard InChI is InChI=1S/C18H25NO4S/c20-17(8-15-2-1-5-22-15)19-12-18(13-19)9-16(11-24-18)23-10-14-3-6-21-7-4-14/h1-2,5,14,16H,3-4,6-13H2/t16-/m0/s1. The Labute approximate surface area is 147 Å². The van der Waals surface area contributed by atoms with E-state index in [0.29, 0.717) is 18.4 Å². The predicted molar refractivity (Wildman–Crippen MR) is 92.1 cm³/mol. The molecule has 0 bridgehead atoms. The maximum Gasteiger partial charge on any atom is 0.230 e. The summed E-state index contributed by atoms with van der Waals surface area (Å²) in [5, 5.41) is 0. The Bertz CT molecular complexity index is 549. The lowest BCUT2D eigenvalue weighted by Crippen LogP contribution is -2.61. The average Bonchev–Trinajstić information content (AvgIpc) is 3.22. The van der Waals surface area contributed by atoms with Crippen molar-refractivity contribution < 1.29 is 18.7 Å². The molecular weight excluding hydrogens is 326 g/mol. The van der Waals surface area contributed by atoms with Crippen molar-refractivity contribution in [1.29, 1.82) is 0 Å². The summed E-state index contributed by atoms with van der Waals surface area (Å²) in [4.78, 5) is 14.2. The average molecular weight is 351 g/mol. The van der Waals surface area contributed by atoms with Crippen molar-refractivity contribution >= 4 is 17.7 Å². The number of amides is 1. The van der Waals surface area contributed by atoms with Crippen LogP contribution < -0.4 is 0 Å². The minimum absolute atomic E-state index is 0.169. The van der Waals surface area contributed by atoms with Gasteiger partial charge in [-0.3, -0.25) is 4.79 Å². The van der Waals surface area contributed by atoms with Crippen LogP contribution in [0.25, 0.3) is 0 Å². The van der Waals surface area contributed by atoms with Crippen molar-refractivity contribution in [2.45, 2.75) is 36.5 Å². The molecule has 0 radical (unpaired) electrons. The molecule has 1 spiro atoms. The third-order valence-corrected chi connectivity index (χ3v) is 6.88. The van der Waals surface area contributed by atoms with Gasteiger partial charge in [-0.05, 0) is 37.3 Å². The maximum atomic E-state index is 12.3. The zero-order valence-electron chi connectivity index (χ0n) is 13.9. The molecule has 0 unspecified atom stereocenters. The number of rotatable bonds is 5. The molecule has 24 heavy (non-hydrogen) atoms. The normalized spacial score (nSPS) is 26.7. The first-order chi connectivity index (χ1) is 11.7. The van der Waals surface area contributed by atoms with E-state index in [-0.39, 0.29) is 10.7 Å². The first-order valence-electron chi connectivity index (χ1n) is 8.86. The van der Waals surface area contributed by atoms with E-state index in [1.54, 1.807) is 6.26 Å². The molecule has 6 heteroatoms.